The maximum Gasteiger partial charge on any atom is 0.339 e. The van der Waals surface area contributed by atoms with Gasteiger partial charge in [-0.05, 0) is 51.8 Å². The van der Waals surface area contributed by atoms with Crippen molar-refractivity contribution in [1.29, 1.82) is 5.26 Å². The lowest BCUT2D eigenvalue weighted by Crippen LogP contribution is -2.12. The maximum atomic E-state index is 12.3. The van der Waals surface area contributed by atoms with Gasteiger partial charge in [-0.25, -0.2) is 0 Å². The van der Waals surface area contributed by atoms with Gasteiger partial charge in [-0.1, -0.05) is 6.07 Å². The van der Waals surface area contributed by atoms with Gasteiger partial charge in [0.2, 0.25) is 0 Å². The lowest BCUT2D eigenvalue weighted by Gasteiger charge is -2.09. The number of carbonyl (C=O) groups is 1. The lowest BCUT2D eigenvalue weighted by atomic mass is 10.1. The number of non-ortho nitro benzene ring substituents is 1. The van der Waals surface area contributed by atoms with E-state index in [1.54, 1.807) is 6.07 Å². The van der Waals surface area contributed by atoms with Crippen LogP contribution in [0.1, 0.15) is 5.56 Å². The molecule has 0 aromatic heterocycles. The van der Waals surface area contributed by atoms with E-state index in [0.717, 1.165) is 24.3 Å². The molecule has 0 radical (unpaired) electrons. The van der Waals surface area contributed by atoms with Crippen LogP contribution in [0.15, 0.2) is 57.4 Å². The van der Waals surface area contributed by atoms with Crippen LogP contribution in [0.25, 0.3) is 6.08 Å². The number of hydrogen-bond donors (Lipinski definition) is 1. The minimum absolute atomic E-state index is 0.0527. The highest BCUT2D eigenvalue weighted by Crippen LogP contribution is 2.30. The normalized spacial score (nSPS) is 11.5. The van der Waals surface area contributed by atoms with Gasteiger partial charge in [0, 0.05) is 12.1 Å². The summed E-state index contributed by atoms with van der Waals surface area (Å²) < 4.78 is 29.9. The molecule has 0 bridgehead atoms. The summed E-state index contributed by atoms with van der Waals surface area (Å²) in [4.78, 5) is 20.8. The Bertz CT molecular complexity index is 1090. The highest BCUT2D eigenvalue weighted by atomic mass is 79.9. The molecule has 27 heavy (non-hydrogen) atoms. The molecule has 2 rings (SSSR count). The number of rotatable bonds is 6. The zero-order valence-corrected chi connectivity index (χ0v) is 15.7. The molecule has 0 aliphatic carbocycles. The predicted octanol–water partition coefficient (Wildman–Crippen LogP) is 2.52. The van der Waals surface area contributed by atoms with Crippen LogP contribution in [0.4, 0.5) is 5.69 Å². The third-order valence-electron chi connectivity index (χ3n) is 3.19. The number of halogens is 1. The summed E-state index contributed by atoms with van der Waals surface area (Å²) in [5.41, 5.74) is 4.94. The minimum atomic E-state index is -4.23. The number of nitrogens with zero attached hydrogens (tertiary/aromatic N) is 2. The summed E-state index contributed by atoms with van der Waals surface area (Å²) in [6.07, 6.45) is 1.24. The fourth-order valence-electron chi connectivity index (χ4n) is 1.90. The molecule has 0 aliphatic rings. The molecule has 2 aromatic carbocycles. The van der Waals surface area contributed by atoms with Crippen LogP contribution in [0.5, 0.6) is 5.75 Å². The summed E-state index contributed by atoms with van der Waals surface area (Å²) in [6, 6.07) is 10.0. The summed E-state index contributed by atoms with van der Waals surface area (Å²) in [5.74, 6) is -0.946. The van der Waals surface area contributed by atoms with Gasteiger partial charge < -0.3 is 9.92 Å². The lowest BCUT2D eigenvalue weighted by molar-refractivity contribution is -0.384. The van der Waals surface area contributed by atoms with E-state index < -0.39 is 20.9 Å². The fraction of sp³-hybridized carbons (Fsp3) is 0. The topological polar surface area (TPSA) is 153 Å². The number of primary amides is 1. The van der Waals surface area contributed by atoms with Crippen molar-refractivity contribution in [1.82, 2.24) is 0 Å². The first-order chi connectivity index (χ1) is 12.6. The van der Waals surface area contributed by atoms with Crippen LogP contribution in [0, 0.1) is 21.4 Å². The van der Waals surface area contributed by atoms with Crippen molar-refractivity contribution in [3.05, 3.63) is 68.2 Å². The van der Waals surface area contributed by atoms with Gasteiger partial charge in [-0.3, -0.25) is 14.9 Å². The van der Waals surface area contributed by atoms with Gasteiger partial charge in [-0.15, -0.1) is 0 Å². The van der Waals surface area contributed by atoms with Crippen molar-refractivity contribution in [3.63, 3.8) is 0 Å². The molecular weight excluding hydrogens is 442 g/mol. The number of nitriles is 1. The number of hydrogen-bond acceptors (Lipinski definition) is 7. The number of nitro groups is 1. The Hall–Kier alpha value is -3.23. The molecule has 0 fully saturated rings. The first-order valence-corrected chi connectivity index (χ1v) is 9.24. The summed E-state index contributed by atoms with van der Waals surface area (Å²) in [6.45, 7) is 0. The van der Waals surface area contributed by atoms with Crippen LogP contribution >= 0.6 is 15.9 Å². The average molecular weight is 452 g/mol. The summed E-state index contributed by atoms with van der Waals surface area (Å²) in [5, 5.41) is 19.5. The van der Waals surface area contributed by atoms with Crippen LogP contribution < -0.4 is 9.92 Å². The van der Waals surface area contributed by atoms with Crippen molar-refractivity contribution < 1.29 is 22.3 Å². The molecular formula is C16H10BrN3O6S. The van der Waals surface area contributed by atoms with Crippen LogP contribution in [-0.4, -0.2) is 19.2 Å². The molecule has 2 N–H and O–H groups in total. The van der Waals surface area contributed by atoms with Crippen molar-refractivity contribution in [3.8, 4) is 11.8 Å². The number of amides is 1. The van der Waals surface area contributed by atoms with Crippen LogP contribution in [0.3, 0.4) is 0 Å². The second kappa shape index (κ2) is 7.98. The third-order valence-corrected chi connectivity index (χ3v) is 5.06. The fourth-order valence-corrected chi connectivity index (χ4v) is 3.43. The Labute approximate surface area is 162 Å². The number of nitrogens with two attached hydrogens (primary N) is 1. The number of nitro benzene ring substituents is 1. The number of benzene rings is 2. The molecule has 0 saturated heterocycles. The largest absolute Gasteiger partial charge is 0.378 e. The second-order valence-corrected chi connectivity index (χ2v) is 7.41. The van der Waals surface area contributed by atoms with E-state index in [1.165, 1.54) is 24.3 Å². The van der Waals surface area contributed by atoms with E-state index in [-0.39, 0.29) is 26.4 Å². The van der Waals surface area contributed by atoms with Crippen molar-refractivity contribution in [2.75, 3.05) is 0 Å². The zero-order chi connectivity index (χ0) is 20.2. The standard InChI is InChI=1S/C16H10BrN3O6S/c17-14-8-10(7-11(9-18)16(19)21)1-6-15(14)26-27(24,25)13-4-2-12(3-5-13)20(22)23/h1-8H,(H2,19,21)/b11-7+. The maximum absolute atomic E-state index is 12.3. The molecule has 2 aromatic rings. The smallest absolute Gasteiger partial charge is 0.339 e. The Balaban J connectivity index is 2.30. The number of carbonyl (C=O) groups excluding carboxylic acids is 1. The molecule has 0 heterocycles. The molecule has 0 unspecified atom stereocenters. The highest BCUT2D eigenvalue weighted by molar-refractivity contribution is 9.10. The van der Waals surface area contributed by atoms with Gasteiger partial charge in [0.15, 0.2) is 5.75 Å². The van der Waals surface area contributed by atoms with Gasteiger partial charge in [0.25, 0.3) is 11.6 Å². The van der Waals surface area contributed by atoms with E-state index in [2.05, 4.69) is 15.9 Å². The van der Waals surface area contributed by atoms with Crippen LogP contribution in [0.2, 0.25) is 0 Å². The van der Waals surface area contributed by atoms with Crippen molar-refractivity contribution in [2.45, 2.75) is 4.90 Å². The predicted molar refractivity (Wildman–Crippen MR) is 97.8 cm³/mol. The Morgan fingerprint density at radius 1 is 1.26 bits per heavy atom. The van der Waals surface area contributed by atoms with Gasteiger partial charge in [0.05, 0.1) is 9.40 Å². The van der Waals surface area contributed by atoms with Gasteiger partial charge in [-0.2, -0.15) is 13.7 Å². The first kappa shape index (κ1) is 20.1. The third kappa shape index (κ3) is 4.90. The van der Waals surface area contributed by atoms with Crippen molar-refractivity contribution >= 4 is 43.7 Å². The molecule has 11 heteroatoms. The van der Waals surface area contributed by atoms with E-state index in [1.807, 2.05) is 0 Å². The Morgan fingerprint density at radius 2 is 1.89 bits per heavy atom. The highest BCUT2D eigenvalue weighted by Gasteiger charge is 2.19. The monoisotopic (exact) mass is 451 g/mol. The Morgan fingerprint density at radius 3 is 2.37 bits per heavy atom. The second-order valence-electron chi connectivity index (χ2n) is 5.01. The van der Waals surface area contributed by atoms with E-state index in [0.29, 0.717) is 5.56 Å². The first-order valence-electron chi connectivity index (χ1n) is 7.04. The van der Waals surface area contributed by atoms with E-state index in [4.69, 9.17) is 15.2 Å². The zero-order valence-electron chi connectivity index (χ0n) is 13.3. The molecule has 0 spiro atoms. The summed E-state index contributed by atoms with van der Waals surface area (Å²) in [7, 11) is -4.23. The molecule has 0 atom stereocenters. The molecule has 0 saturated carbocycles. The SMILES string of the molecule is N#C/C(=C\c1ccc(OS(=O)(=O)c2ccc([N+](=O)[O-])cc2)c(Br)c1)C(N)=O. The van der Waals surface area contributed by atoms with Crippen LogP contribution in [-0.2, 0) is 14.9 Å². The molecule has 138 valence electrons. The van der Waals surface area contributed by atoms with E-state index >= 15 is 0 Å². The Kier molecular flexibility index (Phi) is 5.94. The van der Waals surface area contributed by atoms with Gasteiger partial charge >= 0.3 is 10.1 Å². The summed E-state index contributed by atoms with van der Waals surface area (Å²) >= 11 is 3.14. The average Bonchev–Trinajstić information content (AvgIpc) is 2.61. The molecule has 1 amide bonds. The van der Waals surface area contributed by atoms with E-state index in [9.17, 15) is 23.3 Å². The quantitative estimate of drug-likeness (QED) is 0.232. The van der Waals surface area contributed by atoms with Crippen molar-refractivity contribution in [2.24, 2.45) is 5.73 Å². The molecule has 0 aliphatic heterocycles. The minimum Gasteiger partial charge on any atom is -0.378 e. The molecule has 9 nitrogen and oxygen atoms in total. The van der Waals surface area contributed by atoms with Gasteiger partial charge in [0.1, 0.15) is 16.5 Å².